The van der Waals surface area contributed by atoms with Crippen LogP contribution in [0.15, 0.2) is 77.3 Å². The van der Waals surface area contributed by atoms with Gasteiger partial charge in [0.05, 0.1) is 11.9 Å². The lowest BCUT2D eigenvalue weighted by atomic mass is 10.0. The van der Waals surface area contributed by atoms with Crippen molar-refractivity contribution in [1.82, 2.24) is 10.2 Å². The third-order valence-electron chi connectivity index (χ3n) is 6.46. The monoisotopic (exact) mass is 667 g/mol. The number of anilines is 1. The van der Waals surface area contributed by atoms with E-state index in [4.69, 9.17) is 23.2 Å². The molecule has 40 heavy (non-hydrogen) atoms. The molecule has 0 spiro atoms. The average molecular weight is 669 g/mol. The molecule has 11 heteroatoms. The zero-order valence-corrected chi connectivity index (χ0v) is 26.4. The summed E-state index contributed by atoms with van der Waals surface area (Å²) in [5.74, 6) is -0.945. The lowest BCUT2D eigenvalue weighted by molar-refractivity contribution is -0.140. The Morgan fingerprint density at radius 2 is 1.55 bits per heavy atom. The summed E-state index contributed by atoms with van der Waals surface area (Å²) < 4.78 is 27.3. The molecular weight excluding hydrogens is 637 g/mol. The lowest BCUT2D eigenvalue weighted by Gasteiger charge is -2.34. The van der Waals surface area contributed by atoms with Gasteiger partial charge in [-0.05, 0) is 59.1 Å². The first-order valence-electron chi connectivity index (χ1n) is 12.7. The summed E-state index contributed by atoms with van der Waals surface area (Å²) >= 11 is 16.4. The van der Waals surface area contributed by atoms with Crippen molar-refractivity contribution in [3.63, 3.8) is 0 Å². The summed E-state index contributed by atoms with van der Waals surface area (Å²) in [4.78, 5) is 29.2. The molecule has 3 rings (SSSR count). The molecule has 3 aromatic carbocycles. The second-order valence-electron chi connectivity index (χ2n) is 9.47. The van der Waals surface area contributed by atoms with Gasteiger partial charge in [-0.25, -0.2) is 8.42 Å². The number of nitrogens with one attached hydrogen (secondary N) is 1. The Balaban J connectivity index is 2.12. The first-order valence-corrected chi connectivity index (χ1v) is 16.1. The molecule has 0 heterocycles. The largest absolute Gasteiger partial charge is 0.352 e. The average Bonchev–Trinajstić information content (AvgIpc) is 2.91. The van der Waals surface area contributed by atoms with Crippen LogP contribution in [-0.4, -0.2) is 50.0 Å². The molecule has 0 radical (unpaired) electrons. The van der Waals surface area contributed by atoms with E-state index in [9.17, 15) is 18.0 Å². The molecule has 214 valence electrons. The summed E-state index contributed by atoms with van der Waals surface area (Å²) in [5.41, 5.74) is 1.60. The minimum atomic E-state index is -3.88. The van der Waals surface area contributed by atoms with Gasteiger partial charge in [0, 0.05) is 39.1 Å². The lowest BCUT2D eigenvalue weighted by Crippen LogP contribution is -2.54. The number of amides is 2. The van der Waals surface area contributed by atoms with E-state index in [2.05, 4.69) is 21.2 Å². The van der Waals surface area contributed by atoms with E-state index in [1.165, 1.54) is 4.90 Å². The van der Waals surface area contributed by atoms with Gasteiger partial charge in [0.1, 0.15) is 12.6 Å². The second kappa shape index (κ2) is 14.3. The Bertz CT molecular complexity index is 1420. The molecule has 2 atom stereocenters. The highest BCUT2D eigenvalue weighted by Crippen LogP contribution is 2.30. The molecule has 1 N–H and O–H groups in total. The number of para-hydroxylation sites is 1. The zero-order valence-electron chi connectivity index (χ0n) is 22.5. The molecule has 3 aromatic rings. The third kappa shape index (κ3) is 8.46. The molecule has 0 aliphatic carbocycles. The van der Waals surface area contributed by atoms with E-state index < -0.39 is 28.5 Å². The second-order valence-corrected chi connectivity index (χ2v) is 13.0. The highest BCUT2D eigenvalue weighted by Gasteiger charge is 2.34. The van der Waals surface area contributed by atoms with Gasteiger partial charge >= 0.3 is 0 Å². The summed E-state index contributed by atoms with van der Waals surface area (Å²) in [5, 5.41) is 3.65. The molecule has 2 unspecified atom stereocenters. The van der Waals surface area contributed by atoms with Gasteiger partial charge in [-0.15, -0.1) is 0 Å². The van der Waals surface area contributed by atoms with Crippen LogP contribution < -0.4 is 9.62 Å². The van der Waals surface area contributed by atoms with Crippen LogP contribution in [-0.2, 0) is 32.6 Å². The number of benzene rings is 3. The fourth-order valence-electron chi connectivity index (χ4n) is 4.10. The number of hydrogen-bond donors (Lipinski definition) is 1. The fraction of sp³-hybridized carbons (Fsp3) is 0.310. The van der Waals surface area contributed by atoms with E-state index in [0.29, 0.717) is 32.2 Å². The van der Waals surface area contributed by atoms with Crippen LogP contribution in [0.4, 0.5) is 5.69 Å². The van der Waals surface area contributed by atoms with Gasteiger partial charge in [0.15, 0.2) is 0 Å². The van der Waals surface area contributed by atoms with Gasteiger partial charge in [0.2, 0.25) is 21.8 Å². The van der Waals surface area contributed by atoms with Crippen LogP contribution in [0, 0.1) is 0 Å². The Labute approximate surface area is 254 Å². The number of nitrogens with zero attached hydrogens (tertiary/aromatic N) is 2. The first-order chi connectivity index (χ1) is 18.9. The molecule has 0 aromatic heterocycles. The third-order valence-corrected chi connectivity index (χ3v) is 8.97. The Hall–Kier alpha value is -2.59. The quantitative estimate of drug-likeness (QED) is 0.254. The predicted molar refractivity (Wildman–Crippen MR) is 165 cm³/mol. The smallest absolute Gasteiger partial charge is 0.244 e. The Morgan fingerprint density at radius 1 is 0.950 bits per heavy atom. The SMILES string of the molecule is CCC(C)NC(=O)C(Cc1ccccc1)N(Cc1c(Cl)cccc1Cl)C(=O)CN(c1ccccc1Br)S(C)(=O)=O. The number of halogens is 3. The summed E-state index contributed by atoms with van der Waals surface area (Å²) in [7, 11) is -3.88. The van der Waals surface area contributed by atoms with Gasteiger partial charge < -0.3 is 10.2 Å². The number of carbonyl (C=O) groups excluding carboxylic acids is 2. The molecule has 0 saturated heterocycles. The van der Waals surface area contributed by atoms with Crippen LogP contribution in [0.3, 0.4) is 0 Å². The highest BCUT2D eigenvalue weighted by molar-refractivity contribution is 9.10. The van der Waals surface area contributed by atoms with Gasteiger partial charge in [-0.1, -0.05) is 78.7 Å². The van der Waals surface area contributed by atoms with Crippen molar-refractivity contribution in [2.24, 2.45) is 0 Å². The number of hydrogen-bond acceptors (Lipinski definition) is 4. The standard InChI is InChI=1S/C29H32BrCl2N3O4S/c1-4-20(2)33-29(37)27(17-21-11-6-5-7-12-21)34(18-22-24(31)14-10-15-25(22)32)28(36)19-35(40(3,38)39)26-16-9-8-13-23(26)30/h5-16,20,27H,4,17-19H2,1-3H3,(H,33,37). The van der Waals surface area contributed by atoms with Crippen molar-refractivity contribution in [3.05, 3.63) is 98.4 Å². The van der Waals surface area contributed by atoms with Gasteiger partial charge in [-0.3, -0.25) is 13.9 Å². The fourth-order valence-corrected chi connectivity index (χ4v) is 6.09. The number of carbonyl (C=O) groups is 2. The number of sulfonamides is 1. The van der Waals surface area contributed by atoms with Crippen molar-refractivity contribution in [2.45, 2.75) is 45.3 Å². The molecular formula is C29H32BrCl2N3O4S. The van der Waals surface area contributed by atoms with E-state index >= 15 is 0 Å². The van der Waals surface area contributed by atoms with Crippen molar-refractivity contribution in [1.29, 1.82) is 0 Å². The molecule has 0 saturated carbocycles. The number of rotatable bonds is 12. The van der Waals surface area contributed by atoms with Crippen LogP contribution in [0.25, 0.3) is 0 Å². The van der Waals surface area contributed by atoms with E-state index in [0.717, 1.165) is 16.1 Å². The van der Waals surface area contributed by atoms with E-state index in [1.54, 1.807) is 42.5 Å². The normalized spacial score (nSPS) is 12.8. The van der Waals surface area contributed by atoms with Crippen molar-refractivity contribution in [3.8, 4) is 0 Å². The molecule has 0 bridgehead atoms. The zero-order chi connectivity index (χ0) is 29.4. The Kier molecular flexibility index (Phi) is 11.5. The van der Waals surface area contributed by atoms with E-state index in [1.807, 2.05) is 44.2 Å². The molecule has 0 fully saturated rings. The summed E-state index contributed by atoms with van der Waals surface area (Å²) in [6.07, 6.45) is 1.93. The van der Waals surface area contributed by atoms with Crippen molar-refractivity contribution >= 4 is 66.7 Å². The Morgan fingerprint density at radius 3 is 2.12 bits per heavy atom. The van der Waals surface area contributed by atoms with E-state index in [-0.39, 0.29) is 24.9 Å². The molecule has 2 amide bonds. The molecule has 0 aliphatic heterocycles. The van der Waals surface area contributed by atoms with Crippen LogP contribution in [0.5, 0.6) is 0 Å². The van der Waals surface area contributed by atoms with Gasteiger partial charge in [0.25, 0.3) is 0 Å². The first kappa shape index (κ1) is 31.9. The summed E-state index contributed by atoms with van der Waals surface area (Å²) in [6.45, 7) is 3.19. The maximum absolute atomic E-state index is 14.1. The highest BCUT2D eigenvalue weighted by atomic mass is 79.9. The maximum atomic E-state index is 14.1. The minimum absolute atomic E-state index is 0.101. The van der Waals surface area contributed by atoms with Crippen LogP contribution in [0.2, 0.25) is 10.0 Å². The molecule has 0 aliphatic rings. The van der Waals surface area contributed by atoms with Crippen LogP contribution in [0.1, 0.15) is 31.4 Å². The molecule has 7 nitrogen and oxygen atoms in total. The topological polar surface area (TPSA) is 86.8 Å². The minimum Gasteiger partial charge on any atom is -0.352 e. The predicted octanol–water partition coefficient (Wildman–Crippen LogP) is 6.08. The van der Waals surface area contributed by atoms with Crippen molar-refractivity contribution in [2.75, 3.05) is 17.1 Å². The summed E-state index contributed by atoms with van der Waals surface area (Å²) in [6, 6.07) is 19.9. The van der Waals surface area contributed by atoms with Crippen molar-refractivity contribution < 1.29 is 18.0 Å². The van der Waals surface area contributed by atoms with Gasteiger partial charge in [-0.2, -0.15) is 0 Å². The van der Waals surface area contributed by atoms with Crippen LogP contribution >= 0.6 is 39.1 Å². The maximum Gasteiger partial charge on any atom is 0.244 e.